The number of hydrogen-bond donors (Lipinski definition) is 0. The number of ether oxygens (including phenoxy) is 1. The highest BCUT2D eigenvalue weighted by atomic mass is 16.5. The van der Waals surface area contributed by atoms with Gasteiger partial charge >= 0.3 is 0 Å². The molecule has 1 nitrogen and oxygen atoms in total. The van der Waals surface area contributed by atoms with Gasteiger partial charge in [-0.1, -0.05) is 18.2 Å². The zero-order valence-corrected chi connectivity index (χ0v) is 5.84. The van der Waals surface area contributed by atoms with E-state index >= 15 is 0 Å². The van der Waals surface area contributed by atoms with E-state index in [0.717, 1.165) is 25.2 Å². The van der Waals surface area contributed by atoms with Crippen molar-refractivity contribution in [1.29, 1.82) is 0 Å². The van der Waals surface area contributed by atoms with Gasteiger partial charge in [-0.25, -0.2) is 0 Å². The standard InChI is InChI=1S/C9H10O/c1-2-4-8-6-7-10-9(8)5-3-1/h1-2,4-5H,3,6-7H2. The zero-order chi connectivity index (χ0) is 6.81. The molecule has 0 saturated carbocycles. The molecule has 0 unspecified atom stereocenters. The maximum atomic E-state index is 5.39. The summed E-state index contributed by atoms with van der Waals surface area (Å²) in [4.78, 5) is 0. The van der Waals surface area contributed by atoms with Gasteiger partial charge in [-0.2, -0.15) is 0 Å². The average Bonchev–Trinajstić information content (AvgIpc) is 2.28. The van der Waals surface area contributed by atoms with E-state index in [1.54, 1.807) is 0 Å². The molecule has 52 valence electrons. The third-order valence-corrected chi connectivity index (χ3v) is 1.82. The van der Waals surface area contributed by atoms with Crippen LogP contribution in [0.25, 0.3) is 0 Å². The van der Waals surface area contributed by atoms with Gasteiger partial charge in [0.25, 0.3) is 0 Å². The van der Waals surface area contributed by atoms with E-state index in [1.165, 1.54) is 5.57 Å². The van der Waals surface area contributed by atoms with Crippen molar-refractivity contribution in [3.8, 4) is 0 Å². The third-order valence-electron chi connectivity index (χ3n) is 1.82. The van der Waals surface area contributed by atoms with Gasteiger partial charge in [0.2, 0.25) is 0 Å². The maximum Gasteiger partial charge on any atom is 0.118 e. The molecular formula is C9H10O. The fourth-order valence-corrected chi connectivity index (χ4v) is 1.28. The highest BCUT2D eigenvalue weighted by molar-refractivity contribution is 5.34. The Morgan fingerprint density at radius 2 is 2.40 bits per heavy atom. The van der Waals surface area contributed by atoms with Gasteiger partial charge in [0.15, 0.2) is 0 Å². The molecule has 1 aliphatic carbocycles. The molecule has 2 rings (SSSR count). The molecule has 0 atom stereocenters. The van der Waals surface area contributed by atoms with Crippen LogP contribution in [0.5, 0.6) is 0 Å². The van der Waals surface area contributed by atoms with Crippen LogP contribution in [0, 0.1) is 0 Å². The van der Waals surface area contributed by atoms with Gasteiger partial charge < -0.3 is 4.74 Å². The molecule has 2 aliphatic rings. The van der Waals surface area contributed by atoms with E-state index in [4.69, 9.17) is 4.74 Å². The second kappa shape index (κ2) is 2.33. The van der Waals surface area contributed by atoms with Crippen molar-refractivity contribution in [2.45, 2.75) is 12.8 Å². The van der Waals surface area contributed by atoms with Crippen LogP contribution in [0.3, 0.4) is 0 Å². The van der Waals surface area contributed by atoms with Crippen molar-refractivity contribution >= 4 is 0 Å². The third kappa shape index (κ3) is 0.878. The van der Waals surface area contributed by atoms with Gasteiger partial charge in [-0.05, 0) is 18.1 Å². The first-order chi connectivity index (χ1) is 4.97. The van der Waals surface area contributed by atoms with Crippen molar-refractivity contribution in [2.75, 3.05) is 6.61 Å². The van der Waals surface area contributed by atoms with Crippen molar-refractivity contribution in [2.24, 2.45) is 0 Å². The summed E-state index contributed by atoms with van der Waals surface area (Å²) in [6.07, 6.45) is 10.6. The van der Waals surface area contributed by atoms with Crippen molar-refractivity contribution in [1.82, 2.24) is 0 Å². The summed E-state index contributed by atoms with van der Waals surface area (Å²) in [5.41, 5.74) is 1.36. The normalized spacial score (nSPS) is 22.4. The van der Waals surface area contributed by atoms with Crippen LogP contribution in [0.1, 0.15) is 12.8 Å². The molecule has 0 aromatic heterocycles. The van der Waals surface area contributed by atoms with E-state index in [-0.39, 0.29) is 0 Å². The Labute approximate surface area is 60.7 Å². The van der Waals surface area contributed by atoms with E-state index < -0.39 is 0 Å². The summed E-state index contributed by atoms with van der Waals surface area (Å²) in [7, 11) is 0. The first-order valence-corrected chi connectivity index (χ1v) is 3.66. The molecule has 0 aromatic rings. The van der Waals surface area contributed by atoms with Gasteiger partial charge in [0.1, 0.15) is 5.76 Å². The molecule has 0 bridgehead atoms. The van der Waals surface area contributed by atoms with E-state index in [1.807, 2.05) is 0 Å². The summed E-state index contributed by atoms with van der Waals surface area (Å²) in [5.74, 6) is 1.10. The topological polar surface area (TPSA) is 9.23 Å². The van der Waals surface area contributed by atoms with Gasteiger partial charge in [0, 0.05) is 6.42 Å². The Balaban J connectivity index is 2.34. The predicted molar refractivity (Wildman–Crippen MR) is 40.5 cm³/mol. The van der Waals surface area contributed by atoms with Crippen LogP contribution in [-0.4, -0.2) is 6.61 Å². The van der Waals surface area contributed by atoms with Gasteiger partial charge in [-0.3, -0.25) is 0 Å². The lowest BCUT2D eigenvalue weighted by atomic mass is 10.2. The second-order valence-electron chi connectivity index (χ2n) is 2.52. The molecule has 1 saturated heterocycles. The molecule has 0 spiro atoms. The first kappa shape index (κ1) is 5.78. The highest BCUT2D eigenvalue weighted by Gasteiger charge is 2.13. The smallest absolute Gasteiger partial charge is 0.118 e. The van der Waals surface area contributed by atoms with Crippen LogP contribution >= 0.6 is 0 Å². The molecule has 1 heterocycles. The lowest BCUT2D eigenvalue weighted by Crippen LogP contribution is -1.78. The van der Waals surface area contributed by atoms with Crippen molar-refractivity contribution < 1.29 is 4.74 Å². The van der Waals surface area contributed by atoms with E-state index in [0.29, 0.717) is 0 Å². The van der Waals surface area contributed by atoms with Crippen LogP contribution in [0.2, 0.25) is 0 Å². The molecular weight excluding hydrogens is 124 g/mol. The van der Waals surface area contributed by atoms with Crippen LogP contribution in [0.4, 0.5) is 0 Å². The largest absolute Gasteiger partial charge is 0.493 e. The zero-order valence-electron chi connectivity index (χ0n) is 5.84. The van der Waals surface area contributed by atoms with Crippen molar-refractivity contribution in [3.63, 3.8) is 0 Å². The minimum Gasteiger partial charge on any atom is -0.493 e. The predicted octanol–water partition coefficient (Wildman–Crippen LogP) is 2.18. The summed E-state index contributed by atoms with van der Waals surface area (Å²) >= 11 is 0. The fourth-order valence-electron chi connectivity index (χ4n) is 1.28. The van der Waals surface area contributed by atoms with Gasteiger partial charge in [0.05, 0.1) is 6.61 Å². The molecule has 10 heavy (non-hydrogen) atoms. The number of fused-ring (bicyclic) bond motifs is 1. The molecule has 0 amide bonds. The summed E-state index contributed by atoms with van der Waals surface area (Å²) in [5, 5.41) is 0. The minimum atomic E-state index is 0.867. The molecule has 1 fully saturated rings. The quantitative estimate of drug-likeness (QED) is 0.493. The van der Waals surface area contributed by atoms with E-state index in [9.17, 15) is 0 Å². The molecule has 1 aliphatic heterocycles. The first-order valence-electron chi connectivity index (χ1n) is 3.66. The average molecular weight is 134 g/mol. The van der Waals surface area contributed by atoms with Crippen LogP contribution in [-0.2, 0) is 4.74 Å². The summed E-state index contributed by atoms with van der Waals surface area (Å²) in [6.45, 7) is 0.867. The molecule has 0 N–H and O–H groups in total. The second-order valence-corrected chi connectivity index (χ2v) is 2.52. The Hall–Kier alpha value is -0.980. The van der Waals surface area contributed by atoms with Gasteiger partial charge in [-0.15, -0.1) is 0 Å². The Morgan fingerprint density at radius 1 is 1.40 bits per heavy atom. The fraction of sp³-hybridized carbons (Fsp3) is 0.333. The lowest BCUT2D eigenvalue weighted by Gasteiger charge is -1.95. The molecule has 1 heteroatoms. The Morgan fingerprint density at radius 3 is 3.40 bits per heavy atom. The number of allylic oxidation sites excluding steroid dienone is 5. The monoisotopic (exact) mass is 134 g/mol. The molecule has 0 radical (unpaired) electrons. The Bertz CT molecular complexity index is 221. The van der Waals surface area contributed by atoms with Crippen LogP contribution in [0.15, 0.2) is 35.6 Å². The minimum absolute atomic E-state index is 0.867. The Kier molecular flexibility index (Phi) is 1.35. The molecule has 0 aromatic carbocycles. The summed E-state index contributed by atoms with van der Waals surface area (Å²) < 4.78 is 5.39. The lowest BCUT2D eigenvalue weighted by molar-refractivity contribution is 0.265. The van der Waals surface area contributed by atoms with Crippen molar-refractivity contribution in [3.05, 3.63) is 35.6 Å². The maximum absolute atomic E-state index is 5.39. The van der Waals surface area contributed by atoms with Crippen LogP contribution < -0.4 is 0 Å². The SMILES string of the molecule is C1=CCC=C2OCCC2=C1. The van der Waals surface area contributed by atoms with E-state index in [2.05, 4.69) is 24.3 Å². The number of hydrogen-bond acceptors (Lipinski definition) is 1. The highest BCUT2D eigenvalue weighted by Crippen LogP contribution is 2.25. The summed E-state index contributed by atoms with van der Waals surface area (Å²) in [6, 6.07) is 0. The number of rotatable bonds is 0.